The van der Waals surface area contributed by atoms with Crippen molar-refractivity contribution in [1.29, 1.82) is 5.26 Å². The Kier molecular flexibility index (Phi) is 3.88. The number of nitrogens with zero attached hydrogens (tertiary/aromatic N) is 3. The first kappa shape index (κ1) is 12.8. The maximum atomic E-state index is 10.9. The van der Waals surface area contributed by atoms with Crippen molar-refractivity contribution in [3.8, 4) is 6.07 Å². The topological polar surface area (TPSA) is 103 Å². The Hall–Kier alpha value is -2.29. The fraction of sp³-hybridized carbons (Fsp3) is 0.364. The van der Waals surface area contributed by atoms with E-state index in [1.54, 1.807) is 18.9 Å². The third kappa shape index (κ3) is 2.84. The molecule has 0 bridgehead atoms. The Labute approximate surface area is 99.3 Å². The van der Waals surface area contributed by atoms with Crippen LogP contribution in [0.25, 0.3) is 0 Å². The summed E-state index contributed by atoms with van der Waals surface area (Å²) in [5.74, 6) is -0.894. The van der Waals surface area contributed by atoms with Gasteiger partial charge in [0.1, 0.15) is 0 Å². The number of carboxylic acids is 1. The molecule has 1 atom stereocenters. The lowest BCUT2D eigenvalue weighted by molar-refractivity contribution is 0.0698. The third-order valence-corrected chi connectivity index (χ3v) is 2.33. The Morgan fingerprint density at radius 2 is 2.41 bits per heavy atom. The van der Waals surface area contributed by atoms with E-state index < -0.39 is 5.97 Å². The van der Waals surface area contributed by atoms with Crippen LogP contribution in [0.5, 0.6) is 0 Å². The largest absolute Gasteiger partial charge is 0.478 e. The lowest BCUT2D eigenvalue weighted by Gasteiger charge is -2.21. The first-order chi connectivity index (χ1) is 7.97. The van der Waals surface area contributed by atoms with E-state index >= 15 is 0 Å². The monoisotopic (exact) mass is 234 g/mol. The second-order valence-electron chi connectivity index (χ2n) is 3.81. The molecule has 0 aliphatic carbocycles. The lowest BCUT2D eigenvalue weighted by Crippen LogP contribution is -2.25. The third-order valence-electron chi connectivity index (χ3n) is 2.33. The molecule has 3 N–H and O–H groups in total. The molecule has 0 amide bonds. The number of hydrogen-bond donors (Lipinski definition) is 2. The van der Waals surface area contributed by atoms with Crippen LogP contribution < -0.4 is 10.6 Å². The number of carbonyl (C=O) groups is 1. The molecule has 0 fully saturated rings. The molecule has 0 aromatic carbocycles. The Morgan fingerprint density at radius 3 is 2.94 bits per heavy atom. The molecule has 6 nitrogen and oxygen atoms in total. The van der Waals surface area contributed by atoms with Gasteiger partial charge in [-0.15, -0.1) is 0 Å². The van der Waals surface area contributed by atoms with Crippen LogP contribution in [0.3, 0.4) is 0 Å². The van der Waals surface area contributed by atoms with Crippen molar-refractivity contribution in [3.05, 3.63) is 17.8 Å². The molecule has 0 aliphatic rings. The van der Waals surface area contributed by atoms with Crippen LogP contribution in [0.2, 0.25) is 0 Å². The predicted molar refractivity (Wildman–Crippen MR) is 63.7 cm³/mol. The molecular weight excluding hydrogens is 220 g/mol. The molecule has 0 radical (unpaired) electrons. The highest BCUT2D eigenvalue weighted by atomic mass is 16.4. The molecule has 0 saturated heterocycles. The molecule has 6 heteroatoms. The van der Waals surface area contributed by atoms with Gasteiger partial charge in [0.25, 0.3) is 0 Å². The zero-order valence-electron chi connectivity index (χ0n) is 9.71. The highest BCUT2D eigenvalue weighted by Crippen LogP contribution is 2.23. The van der Waals surface area contributed by atoms with Crippen LogP contribution >= 0.6 is 0 Å². The number of carboxylic acid groups (broad SMARTS) is 1. The minimum atomic E-state index is -1.09. The SMILES string of the molecule is CC(C#N)CN(C)c1nccc(C(=O)O)c1N. The molecular formula is C11H14N4O2. The van der Waals surface area contributed by atoms with Crippen LogP contribution in [0.15, 0.2) is 12.3 Å². The summed E-state index contributed by atoms with van der Waals surface area (Å²) in [7, 11) is 1.72. The van der Waals surface area contributed by atoms with E-state index in [0.29, 0.717) is 12.4 Å². The summed E-state index contributed by atoms with van der Waals surface area (Å²) in [5.41, 5.74) is 5.87. The van der Waals surface area contributed by atoms with Crippen LogP contribution in [-0.2, 0) is 0 Å². The summed E-state index contributed by atoms with van der Waals surface area (Å²) >= 11 is 0. The van der Waals surface area contributed by atoms with Crippen molar-refractivity contribution in [2.45, 2.75) is 6.92 Å². The minimum Gasteiger partial charge on any atom is -0.478 e. The number of nitrogens with two attached hydrogens (primary N) is 1. The van der Waals surface area contributed by atoms with Crippen molar-refractivity contribution in [1.82, 2.24) is 4.98 Å². The summed E-state index contributed by atoms with van der Waals surface area (Å²) in [6.45, 7) is 2.21. The van der Waals surface area contributed by atoms with Crippen LogP contribution in [0.4, 0.5) is 11.5 Å². The van der Waals surface area contributed by atoms with Gasteiger partial charge in [-0.2, -0.15) is 5.26 Å². The van der Waals surface area contributed by atoms with Crippen LogP contribution in [0, 0.1) is 17.2 Å². The number of hydrogen-bond acceptors (Lipinski definition) is 5. The van der Waals surface area contributed by atoms with Gasteiger partial charge in [-0.05, 0) is 13.0 Å². The molecule has 1 aromatic rings. The van der Waals surface area contributed by atoms with E-state index in [4.69, 9.17) is 16.1 Å². The van der Waals surface area contributed by atoms with E-state index in [9.17, 15) is 4.79 Å². The molecule has 0 aliphatic heterocycles. The maximum absolute atomic E-state index is 10.9. The van der Waals surface area contributed by atoms with Crippen molar-refractivity contribution >= 4 is 17.5 Å². The molecule has 1 rings (SSSR count). The zero-order chi connectivity index (χ0) is 13.0. The number of aromatic nitrogens is 1. The molecule has 0 spiro atoms. The van der Waals surface area contributed by atoms with Gasteiger partial charge in [-0.25, -0.2) is 9.78 Å². The summed E-state index contributed by atoms with van der Waals surface area (Å²) in [6.07, 6.45) is 1.39. The number of aromatic carboxylic acids is 1. The van der Waals surface area contributed by atoms with E-state index in [1.807, 2.05) is 0 Å². The van der Waals surface area contributed by atoms with E-state index in [1.165, 1.54) is 12.3 Å². The van der Waals surface area contributed by atoms with Crippen molar-refractivity contribution in [2.75, 3.05) is 24.2 Å². The second kappa shape index (κ2) is 5.16. The lowest BCUT2D eigenvalue weighted by atomic mass is 10.2. The molecule has 1 heterocycles. The van der Waals surface area contributed by atoms with Gasteiger partial charge in [-0.3, -0.25) is 0 Å². The van der Waals surface area contributed by atoms with E-state index in [0.717, 1.165) is 0 Å². The summed E-state index contributed by atoms with van der Waals surface area (Å²) in [4.78, 5) is 16.6. The fourth-order valence-corrected chi connectivity index (χ4v) is 1.49. The fourth-order valence-electron chi connectivity index (χ4n) is 1.49. The second-order valence-corrected chi connectivity index (χ2v) is 3.81. The quantitative estimate of drug-likeness (QED) is 0.804. The highest BCUT2D eigenvalue weighted by molar-refractivity contribution is 5.96. The van der Waals surface area contributed by atoms with Crippen molar-refractivity contribution in [2.24, 2.45) is 5.92 Å². The number of rotatable bonds is 4. The molecule has 1 aromatic heterocycles. The Morgan fingerprint density at radius 1 is 1.76 bits per heavy atom. The minimum absolute atomic E-state index is 0.0199. The average molecular weight is 234 g/mol. The summed E-state index contributed by atoms with van der Waals surface area (Å²) in [6, 6.07) is 3.45. The molecule has 17 heavy (non-hydrogen) atoms. The summed E-state index contributed by atoms with van der Waals surface area (Å²) in [5, 5.41) is 17.6. The standard InChI is InChI=1S/C11H14N4O2/c1-7(5-12)6-15(2)10-9(13)8(11(16)17)3-4-14-10/h3-4,7H,6,13H2,1-2H3,(H,16,17). The van der Waals surface area contributed by atoms with Gasteiger partial charge in [0.05, 0.1) is 23.2 Å². The zero-order valence-corrected chi connectivity index (χ0v) is 9.71. The number of anilines is 2. The van der Waals surface area contributed by atoms with Crippen molar-refractivity contribution in [3.63, 3.8) is 0 Å². The maximum Gasteiger partial charge on any atom is 0.337 e. The number of nitriles is 1. The molecule has 0 saturated carbocycles. The normalized spacial score (nSPS) is 11.6. The number of nitrogen functional groups attached to an aromatic ring is 1. The van der Waals surface area contributed by atoms with Gasteiger partial charge in [-0.1, -0.05) is 0 Å². The van der Waals surface area contributed by atoms with Gasteiger partial charge in [0.2, 0.25) is 0 Å². The number of pyridine rings is 1. The van der Waals surface area contributed by atoms with Crippen LogP contribution in [-0.4, -0.2) is 29.7 Å². The smallest absolute Gasteiger partial charge is 0.337 e. The van der Waals surface area contributed by atoms with Gasteiger partial charge >= 0.3 is 5.97 Å². The Balaban J connectivity index is 3.03. The Bertz CT molecular complexity index is 467. The highest BCUT2D eigenvalue weighted by Gasteiger charge is 2.16. The summed E-state index contributed by atoms with van der Waals surface area (Å²) < 4.78 is 0. The molecule has 1 unspecified atom stereocenters. The van der Waals surface area contributed by atoms with Crippen molar-refractivity contribution < 1.29 is 9.90 Å². The first-order valence-corrected chi connectivity index (χ1v) is 5.06. The van der Waals surface area contributed by atoms with E-state index in [2.05, 4.69) is 11.1 Å². The van der Waals surface area contributed by atoms with E-state index in [-0.39, 0.29) is 17.2 Å². The molecule has 90 valence electrons. The van der Waals surface area contributed by atoms with Gasteiger partial charge in [0.15, 0.2) is 5.82 Å². The van der Waals surface area contributed by atoms with Gasteiger partial charge in [0, 0.05) is 19.8 Å². The average Bonchev–Trinajstić information content (AvgIpc) is 2.28. The first-order valence-electron chi connectivity index (χ1n) is 5.06. The van der Waals surface area contributed by atoms with Crippen LogP contribution in [0.1, 0.15) is 17.3 Å². The predicted octanol–water partition coefficient (Wildman–Crippen LogP) is 0.958. The van der Waals surface area contributed by atoms with Gasteiger partial charge < -0.3 is 15.7 Å².